The van der Waals surface area contributed by atoms with Crippen LogP contribution in [0.1, 0.15) is 56.7 Å². The van der Waals surface area contributed by atoms with E-state index < -0.39 is 6.04 Å². The maximum atomic E-state index is 13.2. The van der Waals surface area contributed by atoms with Crippen LogP contribution in [0.5, 0.6) is 0 Å². The van der Waals surface area contributed by atoms with Gasteiger partial charge < -0.3 is 10.2 Å². The van der Waals surface area contributed by atoms with Crippen LogP contribution in [0.3, 0.4) is 0 Å². The van der Waals surface area contributed by atoms with Crippen molar-refractivity contribution in [3.8, 4) is 0 Å². The van der Waals surface area contributed by atoms with Crippen molar-refractivity contribution in [1.82, 2.24) is 10.2 Å². The van der Waals surface area contributed by atoms with E-state index in [1.165, 1.54) is 11.1 Å². The minimum atomic E-state index is -0.437. The molecule has 0 saturated carbocycles. The van der Waals surface area contributed by atoms with Gasteiger partial charge in [0.2, 0.25) is 11.8 Å². The molecular weight excluding hydrogens is 372 g/mol. The number of nitrogens with one attached hydrogen (secondary N) is 1. The molecule has 0 aliphatic rings. The molecule has 4 heteroatoms. The normalized spacial score (nSPS) is 12.8. The summed E-state index contributed by atoms with van der Waals surface area (Å²) in [5.41, 5.74) is 3.53. The molecule has 0 spiro atoms. The predicted molar refractivity (Wildman–Crippen MR) is 123 cm³/mol. The molecule has 2 aromatic rings. The van der Waals surface area contributed by atoms with Gasteiger partial charge in [0.1, 0.15) is 6.04 Å². The predicted octanol–water partition coefficient (Wildman–Crippen LogP) is 4.69. The van der Waals surface area contributed by atoms with Gasteiger partial charge in [-0.3, -0.25) is 9.59 Å². The van der Waals surface area contributed by atoms with E-state index in [2.05, 4.69) is 48.6 Å². The number of hydrogen-bond donors (Lipinski definition) is 1. The molecule has 0 bridgehead atoms. The first-order valence-corrected chi connectivity index (χ1v) is 11.1. The van der Waals surface area contributed by atoms with E-state index in [9.17, 15) is 9.59 Å². The third-order valence-electron chi connectivity index (χ3n) is 5.62. The van der Waals surface area contributed by atoms with Crippen LogP contribution in [-0.4, -0.2) is 35.3 Å². The van der Waals surface area contributed by atoms with Crippen molar-refractivity contribution in [2.24, 2.45) is 0 Å². The van der Waals surface area contributed by atoms with E-state index >= 15 is 0 Å². The number of rotatable bonds is 11. The Kier molecular flexibility index (Phi) is 9.59. The number of aryl methyl sites for hydroxylation is 2. The van der Waals surface area contributed by atoms with Gasteiger partial charge in [-0.1, -0.05) is 74.0 Å². The van der Waals surface area contributed by atoms with Crippen LogP contribution in [-0.2, 0) is 22.4 Å². The molecule has 0 unspecified atom stereocenters. The van der Waals surface area contributed by atoms with Gasteiger partial charge in [0, 0.05) is 19.0 Å². The van der Waals surface area contributed by atoms with Crippen LogP contribution in [0.25, 0.3) is 0 Å². The summed E-state index contributed by atoms with van der Waals surface area (Å²) in [5, 5.41) is 3.06. The molecule has 1 N–H and O–H groups in total. The van der Waals surface area contributed by atoms with Crippen molar-refractivity contribution in [2.45, 2.75) is 71.9 Å². The topological polar surface area (TPSA) is 49.4 Å². The standard InChI is InChI=1S/C26H36N2O2/c1-5-21(4)27-26(30)24(6-2)28(19-18-22-10-8-7-9-11-22)25(29)17-16-23-14-12-20(3)13-15-23/h7-15,21,24H,5-6,16-19H2,1-4H3,(H,27,30)/t21-,24+/m0/s1. The molecule has 0 aromatic heterocycles. The highest BCUT2D eigenvalue weighted by Crippen LogP contribution is 2.13. The quantitative estimate of drug-likeness (QED) is 0.586. The summed E-state index contributed by atoms with van der Waals surface area (Å²) >= 11 is 0. The van der Waals surface area contributed by atoms with E-state index in [1.807, 2.05) is 39.0 Å². The highest BCUT2D eigenvalue weighted by molar-refractivity contribution is 5.88. The van der Waals surface area contributed by atoms with Crippen LogP contribution in [0.2, 0.25) is 0 Å². The molecule has 2 rings (SSSR count). The first kappa shape index (κ1) is 23.7. The van der Waals surface area contributed by atoms with Crippen molar-refractivity contribution < 1.29 is 9.59 Å². The first-order valence-electron chi connectivity index (χ1n) is 11.1. The van der Waals surface area contributed by atoms with E-state index in [0.29, 0.717) is 25.8 Å². The zero-order chi connectivity index (χ0) is 21.9. The zero-order valence-electron chi connectivity index (χ0n) is 18.9. The smallest absolute Gasteiger partial charge is 0.243 e. The lowest BCUT2D eigenvalue weighted by molar-refractivity contribution is -0.141. The van der Waals surface area contributed by atoms with E-state index in [0.717, 1.165) is 18.4 Å². The third kappa shape index (κ3) is 7.33. The van der Waals surface area contributed by atoms with E-state index in [4.69, 9.17) is 0 Å². The Hall–Kier alpha value is -2.62. The van der Waals surface area contributed by atoms with Gasteiger partial charge in [0.15, 0.2) is 0 Å². The molecule has 0 radical (unpaired) electrons. The average Bonchev–Trinajstić information content (AvgIpc) is 2.76. The number of hydrogen-bond acceptors (Lipinski definition) is 2. The highest BCUT2D eigenvalue weighted by Gasteiger charge is 2.28. The summed E-state index contributed by atoms with van der Waals surface area (Å²) in [6, 6.07) is 18.1. The second-order valence-electron chi connectivity index (χ2n) is 8.05. The molecule has 0 heterocycles. The van der Waals surface area contributed by atoms with Gasteiger partial charge in [0.05, 0.1) is 0 Å². The SMILES string of the molecule is CC[C@H](C(=O)N[C@@H](C)CC)N(CCc1ccccc1)C(=O)CCc1ccc(C)cc1. The van der Waals surface area contributed by atoms with Gasteiger partial charge in [0.25, 0.3) is 0 Å². The summed E-state index contributed by atoms with van der Waals surface area (Å²) < 4.78 is 0. The lowest BCUT2D eigenvalue weighted by Gasteiger charge is -2.31. The molecule has 2 amide bonds. The Balaban J connectivity index is 2.11. The lowest BCUT2D eigenvalue weighted by Crippen LogP contribution is -2.51. The van der Waals surface area contributed by atoms with Crippen LogP contribution in [0, 0.1) is 6.92 Å². The summed E-state index contributed by atoms with van der Waals surface area (Å²) in [6.45, 7) is 8.62. The molecule has 2 aromatic carbocycles. The maximum absolute atomic E-state index is 13.2. The Morgan fingerprint density at radius 2 is 1.53 bits per heavy atom. The fraction of sp³-hybridized carbons (Fsp3) is 0.462. The van der Waals surface area contributed by atoms with E-state index in [1.54, 1.807) is 4.90 Å². The van der Waals surface area contributed by atoms with Crippen LogP contribution in [0.4, 0.5) is 0 Å². The summed E-state index contributed by atoms with van der Waals surface area (Å²) in [7, 11) is 0. The fourth-order valence-corrected chi connectivity index (χ4v) is 3.49. The Bertz CT molecular complexity index is 786. The summed E-state index contributed by atoms with van der Waals surface area (Å²) in [5.74, 6) is -0.0127. The average molecular weight is 409 g/mol. The molecule has 0 saturated heterocycles. The summed E-state index contributed by atoms with van der Waals surface area (Å²) in [6.07, 6.45) is 3.31. The number of nitrogens with zero attached hydrogens (tertiary/aromatic N) is 1. The number of amides is 2. The van der Waals surface area contributed by atoms with Gasteiger partial charge in [-0.15, -0.1) is 0 Å². The van der Waals surface area contributed by atoms with Crippen molar-refractivity contribution in [3.63, 3.8) is 0 Å². The molecular formula is C26H36N2O2. The third-order valence-corrected chi connectivity index (χ3v) is 5.62. The van der Waals surface area contributed by atoms with Crippen molar-refractivity contribution in [1.29, 1.82) is 0 Å². The number of benzene rings is 2. The molecule has 2 atom stereocenters. The number of carbonyl (C=O) groups is 2. The lowest BCUT2D eigenvalue weighted by atomic mass is 10.0. The van der Waals surface area contributed by atoms with E-state index in [-0.39, 0.29) is 17.9 Å². The molecule has 4 nitrogen and oxygen atoms in total. The minimum absolute atomic E-state index is 0.0395. The monoisotopic (exact) mass is 408 g/mol. The molecule has 0 aliphatic heterocycles. The largest absolute Gasteiger partial charge is 0.352 e. The first-order chi connectivity index (χ1) is 14.4. The van der Waals surface area contributed by atoms with Crippen LogP contribution in [0.15, 0.2) is 54.6 Å². The van der Waals surface area contributed by atoms with Crippen molar-refractivity contribution >= 4 is 11.8 Å². The van der Waals surface area contributed by atoms with Crippen molar-refractivity contribution in [2.75, 3.05) is 6.54 Å². The Morgan fingerprint density at radius 1 is 0.900 bits per heavy atom. The van der Waals surface area contributed by atoms with Crippen LogP contribution >= 0.6 is 0 Å². The van der Waals surface area contributed by atoms with Gasteiger partial charge >= 0.3 is 0 Å². The molecule has 162 valence electrons. The summed E-state index contributed by atoms with van der Waals surface area (Å²) in [4.78, 5) is 27.9. The second-order valence-corrected chi connectivity index (χ2v) is 8.05. The minimum Gasteiger partial charge on any atom is -0.352 e. The van der Waals surface area contributed by atoms with Gasteiger partial charge in [-0.05, 0) is 50.7 Å². The Labute approximate surface area is 181 Å². The zero-order valence-corrected chi connectivity index (χ0v) is 18.9. The van der Waals surface area contributed by atoms with Gasteiger partial charge in [-0.2, -0.15) is 0 Å². The molecule has 0 fully saturated rings. The fourth-order valence-electron chi connectivity index (χ4n) is 3.49. The highest BCUT2D eigenvalue weighted by atomic mass is 16.2. The van der Waals surface area contributed by atoms with Crippen molar-refractivity contribution in [3.05, 3.63) is 71.3 Å². The molecule has 30 heavy (non-hydrogen) atoms. The van der Waals surface area contributed by atoms with Gasteiger partial charge in [-0.25, -0.2) is 0 Å². The maximum Gasteiger partial charge on any atom is 0.243 e. The van der Waals surface area contributed by atoms with Crippen LogP contribution < -0.4 is 5.32 Å². The number of carbonyl (C=O) groups excluding carboxylic acids is 2. The molecule has 0 aliphatic carbocycles. The Morgan fingerprint density at radius 3 is 2.13 bits per heavy atom. The second kappa shape index (κ2) is 12.2.